The molecule has 2 N–H and O–H groups in total. The van der Waals surface area contributed by atoms with Crippen molar-refractivity contribution in [1.82, 2.24) is 0 Å². The van der Waals surface area contributed by atoms with Gasteiger partial charge < -0.3 is 20.3 Å². The lowest BCUT2D eigenvalue weighted by Crippen LogP contribution is -2.15. The molecular weight excluding hydrogens is 264 g/mol. The average Bonchev–Trinajstić information content (AvgIpc) is 2.37. The van der Waals surface area contributed by atoms with Crippen molar-refractivity contribution in [3.8, 4) is 0 Å². The number of nitrogens with one attached hydrogen (secondary N) is 2. The lowest BCUT2D eigenvalue weighted by atomic mass is 10.2. The molecule has 0 bridgehead atoms. The van der Waals surface area contributed by atoms with Crippen LogP contribution in [-0.4, -0.2) is 31.8 Å². The summed E-state index contributed by atoms with van der Waals surface area (Å²) in [6, 6.07) is 5.22. The molecule has 0 aliphatic rings. The zero-order valence-corrected chi connectivity index (χ0v) is 12.5. The summed E-state index contributed by atoms with van der Waals surface area (Å²) in [5, 5.41) is 10.5. The predicted molar refractivity (Wildman–Crippen MR) is 80.7 cm³/mol. The Balaban J connectivity index is 0.000000459. The highest BCUT2D eigenvalue weighted by atomic mass is 35.5. The molecule has 0 radical (unpaired) electrons. The van der Waals surface area contributed by atoms with Crippen LogP contribution in [0.2, 0.25) is 5.02 Å². The van der Waals surface area contributed by atoms with Gasteiger partial charge in [0.25, 0.3) is 0 Å². The summed E-state index contributed by atoms with van der Waals surface area (Å²) >= 11 is 5.86. The van der Waals surface area contributed by atoms with E-state index >= 15 is 0 Å². The summed E-state index contributed by atoms with van der Waals surface area (Å²) < 4.78 is 4.94. The normalized spacial score (nSPS) is 10.2. The molecule has 0 aliphatic heterocycles. The van der Waals surface area contributed by atoms with Crippen molar-refractivity contribution < 1.29 is 9.53 Å². The number of aldehydes is 1. The van der Waals surface area contributed by atoms with Gasteiger partial charge in [-0.2, -0.15) is 0 Å². The average molecular weight is 285 g/mol. The van der Waals surface area contributed by atoms with Crippen LogP contribution in [0.25, 0.3) is 0 Å². The van der Waals surface area contributed by atoms with Crippen LogP contribution in [0.3, 0.4) is 0 Å². The van der Waals surface area contributed by atoms with E-state index in [1.807, 2.05) is 20.8 Å². The molecule has 0 unspecified atom stereocenters. The molecule has 1 rings (SSSR count). The van der Waals surface area contributed by atoms with Gasteiger partial charge in [0.2, 0.25) is 0 Å². The van der Waals surface area contributed by atoms with E-state index in [0.717, 1.165) is 6.29 Å². The van der Waals surface area contributed by atoms with Crippen molar-refractivity contribution in [1.29, 1.82) is 5.41 Å². The van der Waals surface area contributed by atoms with Crippen LogP contribution in [0.15, 0.2) is 18.2 Å². The molecule has 0 saturated heterocycles. The maximum Gasteiger partial charge on any atom is 0.139 e. The molecule has 106 valence electrons. The number of benzene rings is 1. The molecular formula is C14H21ClN2O2. The van der Waals surface area contributed by atoms with Crippen LogP contribution >= 0.6 is 11.6 Å². The van der Waals surface area contributed by atoms with E-state index < -0.39 is 0 Å². The van der Waals surface area contributed by atoms with Crippen LogP contribution in [-0.2, 0) is 9.53 Å². The quantitative estimate of drug-likeness (QED) is 0.658. The third-order valence-electron chi connectivity index (χ3n) is 2.18. The highest BCUT2D eigenvalue weighted by Crippen LogP contribution is 2.24. The summed E-state index contributed by atoms with van der Waals surface area (Å²) in [6.45, 7) is 6.26. The number of methoxy groups -OCH3 is 1. The molecule has 0 heterocycles. The molecule has 19 heavy (non-hydrogen) atoms. The maximum absolute atomic E-state index is 10.1. The standard InChI is InChI=1S/C9H9ClN2O.C5H12O/c10-8-3-1-2-7(6-11)9(8)12-4-5-13;1-5(2,3)6-4/h1-3,5-6,11-12H,4H2;1-4H3. The Hall–Kier alpha value is -1.39. The minimum absolute atomic E-state index is 0.0417. The van der Waals surface area contributed by atoms with Gasteiger partial charge in [0.1, 0.15) is 6.29 Å². The van der Waals surface area contributed by atoms with Gasteiger partial charge in [0.15, 0.2) is 0 Å². The number of anilines is 1. The smallest absolute Gasteiger partial charge is 0.139 e. The second-order valence-electron chi connectivity index (χ2n) is 4.71. The minimum Gasteiger partial charge on any atom is -0.379 e. The molecule has 4 nitrogen and oxygen atoms in total. The number of halogens is 1. The number of para-hydroxylation sites is 1. The second kappa shape index (κ2) is 8.67. The van der Waals surface area contributed by atoms with Gasteiger partial charge in [-0.15, -0.1) is 0 Å². The number of hydrogen-bond donors (Lipinski definition) is 2. The Morgan fingerprint density at radius 2 is 2.00 bits per heavy atom. The fourth-order valence-corrected chi connectivity index (χ4v) is 1.24. The second-order valence-corrected chi connectivity index (χ2v) is 5.12. The van der Waals surface area contributed by atoms with Crippen LogP contribution in [0.5, 0.6) is 0 Å². The first-order valence-corrected chi connectivity index (χ1v) is 6.25. The van der Waals surface area contributed by atoms with E-state index in [4.69, 9.17) is 21.7 Å². The molecule has 0 amide bonds. The molecule has 0 saturated carbocycles. The first kappa shape index (κ1) is 17.6. The van der Waals surface area contributed by atoms with Gasteiger partial charge in [-0.3, -0.25) is 0 Å². The molecule has 1 aromatic carbocycles. The molecule has 0 aliphatic carbocycles. The van der Waals surface area contributed by atoms with Gasteiger partial charge in [0.05, 0.1) is 22.9 Å². The summed E-state index contributed by atoms with van der Waals surface area (Å²) in [5.41, 5.74) is 1.35. The van der Waals surface area contributed by atoms with Gasteiger partial charge in [-0.05, 0) is 26.8 Å². The van der Waals surface area contributed by atoms with E-state index in [9.17, 15) is 4.79 Å². The first-order valence-electron chi connectivity index (χ1n) is 5.87. The van der Waals surface area contributed by atoms with Crippen molar-refractivity contribution in [3.05, 3.63) is 28.8 Å². The fraction of sp³-hybridized carbons (Fsp3) is 0.429. The number of carbonyl (C=O) groups excluding carboxylic acids is 1. The SMILES string of the molecule is COC(C)(C)C.N=Cc1cccc(Cl)c1NCC=O. The Morgan fingerprint density at radius 3 is 2.42 bits per heavy atom. The Bertz CT molecular complexity index is 414. The Morgan fingerprint density at radius 1 is 1.42 bits per heavy atom. The van der Waals surface area contributed by atoms with Crippen molar-refractivity contribution in [2.45, 2.75) is 26.4 Å². The predicted octanol–water partition coefficient (Wildman–Crippen LogP) is 3.38. The molecule has 1 aromatic rings. The first-order chi connectivity index (χ1) is 8.85. The summed E-state index contributed by atoms with van der Waals surface area (Å²) in [5.74, 6) is 0. The van der Waals surface area contributed by atoms with Crippen LogP contribution in [0.1, 0.15) is 26.3 Å². The molecule has 0 atom stereocenters. The van der Waals surface area contributed by atoms with E-state index in [2.05, 4.69) is 5.32 Å². The Labute approximate surface area is 119 Å². The maximum atomic E-state index is 10.1. The van der Waals surface area contributed by atoms with E-state index in [0.29, 0.717) is 16.3 Å². The molecule has 0 fully saturated rings. The highest BCUT2D eigenvalue weighted by Gasteiger charge is 2.04. The monoisotopic (exact) mass is 284 g/mol. The number of rotatable bonds is 4. The number of ether oxygens (including phenoxy) is 1. The van der Waals surface area contributed by atoms with E-state index in [1.54, 1.807) is 25.3 Å². The van der Waals surface area contributed by atoms with Crippen LogP contribution in [0.4, 0.5) is 5.69 Å². The summed E-state index contributed by atoms with van der Waals surface area (Å²) in [4.78, 5) is 10.1. The van der Waals surface area contributed by atoms with Gasteiger partial charge in [-0.25, -0.2) is 0 Å². The number of carbonyl (C=O) groups is 1. The Kier molecular flexibility index (Phi) is 8.03. The van der Waals surface area contributed by atoms with E-state index in [-0.39, 0.29) is 12.1 Å². The van der Waals surface area contributed by atoms with Crippen LogP contribution < -0.4 is 5.32 Å². The zero-order valence-electron chi connectivity index (χ0n) is 11.8. The van der Waals surface area contributed by atoms with E-state index in [1.165, 1.54) is 6.21 Å². The summed E-state index contributed by atoms with van der Waals surface area (Å²) in [7, 11) is 1.71. The van der Waals surface area contributed by atoms with Gasteiger partial charge in [-0.1, -0.05) is 23.7 Å². The lowest BCUT2D eigenvalue weighted by Gasteiger charge is -2.14. The van der Waals surface area contributed by atoms with Crippen molar-refractivity contribution >= 4 is 29.8 Å². The van der Waals surface area contributed by atoms with Crippen molar-refractivity contribution in [2.75, 3.05) is 19.0 Å². The zero-order chi connectivity index (χ0) is 14.9. The van der Waals surface area contributed by atoms with Crippen molar-refractivity contribution in [3.63, 3.8) is 0 Å². The largest absolute Gasteiger partial charge is 0.379 e. The van der Waals surface area contributed by atoms with Gasteiger partial charge in [0, 0.05) is 18.9 Å². The minimum atomic E-state index is 0.0417. The third kappa shape index (κ3) is 7.59. The molecule has 5 heteroatoms. The highest BCUT2D eigenvalue weighted by molar-refractivity contribution is 6.33. The fourth-order valence-electron chi connectivity index (χ4n) is 0.991. The topological polar surface area (TPSA) is 62.2 Å². The number of hydrogen-bond acceptors (Lipinski definition) is 4. The third-order valence-corrected chi connectivity index (χ3v) is 2.49. The van der Waals surface area contributed by atoms with Crippen LogP contribution in [0, 0.1) is 5.41 Å². The molecule has 0 aromatic heterocycles. The lowest BCUT2D eigenvalue weighted by molar-refractivity contribution is -0.106. The van der Waals surface area contributed by atoms with Crippen molar-refractivity contribution in [2.24, 2.45) is 0 Å². The molecule has 0 spiro atoms. The van der Waals surface area contributed by atoms with Gasteiger partial charge >= 0.3 is 0 Å². The summed E-state index contributed by atoms with van der Waals surface area (Å²) in [6.07, 6.45) is 1.94.